The van der Waals surface area contributed by atoms with Gasteiger partial charge in [0, 0.05) is 31.0 Å². The Labute approximate surface area is 108 Å². The summed E-state index contributed by atoms with van der Waals surface area (Å²) in [6, 6.07) is 2.94. The fraction of sp³-hybridized carbons (Fsp3) is 0.364. The van der Waals surface area contributed by atoms with Gasteiger partial charge in [0.05, 0.1) is 5.75 Å². The van der Waals surface area contributed by atoms with Crippen molar-refractivity contribution in [1.29, 1.82) is 0 Å². The molecule has 1 aliphatic rings. The number of carbonyl (C=O) groups excluding carboxylic acids is 2. The Bertz CT molecular complexity index is 525. The molecule has 96 valence electrons. The number of imide groups is 1. The molecule has 1 aliphatic heterocycles. The molecule has 0 spiro atoms. The minimum absolute atomic E-state index is 0.141. The topological polar surface area (TPSA) is 85.4 Å². The molecule has 0 aromatic carbocycles. The third-order valence-corrected chi connectivity index (χ3v) is 3.49. The number of carbonyl (C=O) groups is 2. The molecule has 1 fully saturated rings. The Hall–Kier alpha value is -1.76. The Morgan fingerprint density at radius 3 is 2.67 bits per heavy atom. The molecule has 2 rings (SSSR count). The van der Waals surface area contributed by atoms with Gasteiger partial charge in [0.25, 0.3) is 10.8 Å². The van der Waals surface area contributed by atoms with E-state index in [2.05, 4.69) is 0 Å². The second kappa shape index (κ2) is 5.26. The first kappa shape index (κ1) is 12.7. The normalized spacial score (nSPS) is 15.4. The van der Waals surface area contributed by atoms with Crippen molar-refractivity contribution in [2.75, 3.05) is 18.0 Å². The first-order chi connectivity index (χ1) is 8.58. The van der Waals surface area contributed by atoms with Crippen LogP contribution in [0.1, 0.15) is 6.42 Å². The number of nitrogen functional groups attached to an aromatic ring is 1. The summed E-state index contributed by atoms with van der Waals surface area (Å²) in [6.45, 7) is 0.775. The van der Waals surface area contributed by atoms with Crippen LogP contribution in [0.5, 0.6) is 0 Å². The Morgan fingerprint density at radius 2 is 2.00 bits per heavy atom. The van der Waals surface area contributed by atoms with Gasteiger partial charge in [-0.05, 0) is 12.5 Å². The lowest BCUT2D eigenvalue weighted by Crippen LogP contribution is -2.31. The number of amides is 2. The maximum absolute atomic E-state index is 11.5. The molecule has 0 bridgehead atoms. The van der Waals surface area contributed by atoms with E-state index in [1.165, 1.54) is 15.5 Å². The van der Waals surface area contributed by atoms with Gasteiger partial charge in [-0.15, -0.1) is 0 Å². The molecular weight excluding hydrogens is 254 g/mol. The van der Waals surface area contributed by atoms with Gasteiger partial charge in [-0.3, -0.25) is 19.3 Å². The quantitative estimate of drug-likeness (QED) is 0.859. The van der Waals surface area contributed by atoms with Crippen LogP contribution in [0.25, 0.3) is 0 Å². The Morgan fingerprint density at radius 1 is 1.22 bits per heavy atom. The molecule has 2 N–H and O–H groups in total. The van der Waals surface area contributed by atoms with E-state index in [1.54, 1.807) is 12.3 Å². The number of pyridine rings is 1. The lowest BCUT2D eigenvalue weighted by molar-refractivity contribution is -0.124. The van der Waals surface area contributed by atoms with E-state index in [0.717, 1.165) is 11.8 Å². The number of nitrogens with two attached hydrogens (primary N) is 1. The molecule has 2 amide bonds. The summed E-state index contributed by atoms with van der Waals surface area (Å²) in [6.07, 6.45) is 2.10. The monoisotopic (exact) mass is 267 g/mol. The lowest BCUT2D eigenvalue weighted by Gasteiger charge is -2.13. The van der Waals surface area contributed by atoms with Crippen molar-refractivity contribution in [2.24, 2.45) is 0 Å². The van der Waals surface area contributed by atoms with Gasteiger partial charge in [0.15, 0.2) is 0 Å². The van der Waals surface area contributed by atoms with Gasteiger partial charge in [0.1, 0.15) is 0 Å². The van der Waals surface area contributed by atoms with E-state index in [9.17, 15) is 14.4 Å². The molecule has 7 heteroatoms. The van der Waals surface area contributed by atoms with Crippen LogP contribution >= 0.6 is 11.8 Å². The van der Waals surface area contributed by atoms with Crippen molar-refractivity contribution in [3.63, 3.8) is 0 Å². The van der Waals surface area contributed by atoms with E-state index >= 15 is 0 Å². The van der Waals surface area contributed by atoms with Gasteiger partial charge < -0.3 is 10.3 Å². The van der Waals surface area contributed by atoms with Crippen LogP contribution in [-0.4, -0.2) is 32.9 Å². The number of nitrogens with zero attached hydrogens (tertiary/aromatic N) is 2. The predicted octanol–water partition coefficient (Wildman–Crippen LogP) is 0.516. The molecule has 0 unspecified atom stereocenters. The minimum atomic E-state index is -0.208. The van der Waals surface area contributed by atoms with Gasteiger partial charge >= 0.3 is 0 Å². The number of hydrogen-bond donors (Lipinski definition) is 1. The van der Waals surface area contributed by atoms with Crippen LogP contribution in [0.2, 0.25) is 0 Å². The smallest absolute Gasteiger partial charge is 0.288 e. The summed E-state index contributed by atoms with van der Waals surface area (Å²) < 4.78 is 1.48. The van der Waals surface area contributed by atoms with Gasteiger partial charge in [-0.1, -0.05) is 11.8 Å². The van der Waals surface area contributed by atoms with E-state index in [1.807, 2.05) is 0 Å². The minimum Gasteiger partial charge on any atom is -0.398 e. The maximum atomic E-state index is 11.5. The second-order valence-corrected chi connectivity index (χ2v) is 4.87. The number of thioether (sulfide) groups is 1. The van der Waals surface area contributed by atoms with Crippen molar-refractivity contribution in [3.05, 3.63) is 28.7 Å². The number of rotatable bonds is 4. The lowest BCUT2D eigenvalue weighted by atomic mass is 10.3. The zero-order valence-corrected chi connectivity index (χ0v) is 10.5. The zero-order valence-electron chi connectivity index (χ0n) is 9.67. The van der Waals surface area contributed by atoms with Crippen molar-refractivity contribution in [2.45, 2.75) is 13.0 Å². The Kier molecular flexibility index (Phi) is 3.71. The standard InChI is InChI=1S/C11H13N3O3S/c12-8-2-3-9(15)13(6-8)4-1-5-14-10(16)7-18-11(14)17/h2-3,6H,1,4-5,7,12H2. The molecule has 1 aromatic rings. The summed E-state index contributed by atoms with van der Waals surface area (Å²) in [4.78, 5) is 35.4. The van der Waals surface area contributed by atoms with Crippen LogP contribution in [0.4, 0.5) is 10.5 Å². The average molecular weight is 267 g/mol. The summed E-state index contributed by atoms with van der Waals surface area (Å²) in [5.74, 6) is 0.0572. The van der Waals surface area contributed by atoms with Crippen molar-refractivity contribution in [3.8, 4) is 0 Å². The SMILES string of the molecule is Nc1ccc(=O)n(CCCN2C(=O)CSC2=O)c1. The molecule has 0 radical (unpaired) electrons. The van der Waals surface area contributed by atoms with Crippen molar-refractivity contribution in [1.82, 2.24) is 9.47 Å². The number of aryl methyl sites for hydroxylation is 1. The van der Waals surface area contributed by atoms with Crippen LogP contribution in [-0.2, 0) is 11.3 Å². The fourth-order valence-electron chi connectivity index (χ4n) is 1.72. The van der Waals surface area contributed by atoms with E-state index < -0.39 is 0 Å². The van der Waals surface area contributed by atoms with Crippen LogP contribution < -0.4 is 11.3 Å². The van der Waals surface area contributed by atoms with Crippen molar-refractivity contribution >= 4 is 28.6 Å². The van der Waals surface area contributed by atoms with Crippen molar-refractivity contribution < 1.29 is 9.59 Å². The van der Waals surface area contributed by atoms with E-state index in [0.29, 0.717) is 25.2 Å². The fourth-order valence-corrected chi connectivity index (χ4v) is 2.47. The molecule has 1 saturated heterocycles. The largest absolute Gasteiger partial charge is 0.398 e. The second-order valence-electron chi connectivity index (χ2n) is 3.95. The third-order valence-electron chi connectivity index (χ3n) is 2.63. The highest BCUT2D eigenvalue weighted by atomic mass is 32.2. The molecule has 0 saturated carbocycles. The maximum Gasteiger partial charge on any atom is 0.288 e. The average Bonchev–Trinajstić information content (AvgIpc) is 2.65. The van der Waals surface area contributed by atoms with Gasteiger partial charge in [0.2, 0.25) is 5.91 Å². The Balaban J connectivity index is 1.92. The van der Waals surface area contributed by atoms with Crippen LogP contribution in [0.3, 0.4) is 0 Å². The number of hydrogen-bond acceptors (Lipinski definition) is 5. The van der Waals surface area contributed by atoms with E-state index in [4.69, 9.17) is 5.73 Å². The molecule has 1 aromatic heterocycles. The number of anilines is 1. The molecule has 18 heavy (non-hydrogen) atoms. The highest BCUT2D eigenvalue weighted by molar-refractivity contribution is 8.14. The zero-order chi connectivity index (χ0) is 13.1. The summed E-state index contributed by atoms with van der Waals surface area (Å²) in [7, 11) is 0. The van der Waals surface area contributed by atoms with E-state index in [-0.39, 0.29) is 22.5 Å². The molecule has 2 heterocycles. The van der Waals surface area contributed by atoms with Crippen LogP contribution in [0, 0.1) is 0 Å². The summed E-state index contributed by atoms with van der Waals surface area (Å²) in [5.41, 5.74) is 5.96. The molecule has 6 nitrogen and oxygen atoms in total. The van der Waals surface area contributed by atoms with Gasteiger partial charge in [-0.25, -0.2) is 0 Å². The molecule has 0 aliphatic carbocycles. The number of aromatic nitrogens is 1. The third kappa shape index (κ3) is 2.73. The first-order valence-corrected chi connectivity index (χ1v) is 6.49. The molecule has 0 atom stereocenters. The summed E-state index contributed by atoms with van der Waals surface area (Å²) in [5, 5.41) is -0.208. The first-order valence-electron chi connectivity index (χ1n) is 5.51. The molecular formula is C11H13N3O3S. The van der Waals surface area contributed by atoms with Crippen LogP contribution in [0.15, 0.2) is 23.1 Å². The summed E-state index contributed by atoms with van der Waals surface area (Å²) >= 11 is 1.01. The highest BCUT2D eigenvalue weighted by Gasteiger charge is 2.28. The highest BCUT2D eigenvalue weighted by Crippen LogP contribution is 2.18. The van der Waals surface area contributed by atoms with Gasteiger partial charge in [-0.2, -0.15) is 0 Å². The predicted molar refractivity (Wildman–Crippen MR) is 69.3 cm³/mol.